The van der Waals surface area contributed by atoms with Crippen LogP contribution in [0, 0.1) is 10.1 Å². The lowest BCUT2D eigenvalue weighted by Crippen LogP contribution is -1.97. The highest BCUT2D eigenvalue weighted by molar-refractivity contribution is 5.87. The maximum Gasteiger partial charge on any atom is 0.270 e. The Hall–Kier alpha value is -3.29. The van der Waals surface area contributed by atoms with E-state index in [1.54, 1.807) is 0 Å². The van der Waals surface area contributed by atoms with Crippen LogP contribution in [0.5, 0.6) is 11.8 Å². The summed E-state index contributed by atoms with van der Waals surface area (Å²) in [6.07, 6.45) is 4.88. The van der Waals surface area contributed by atoms with Gasteiger partial charge in [-0.1, -0.05) is 17.3 Å². The molecule has 24 heavy (non-hydrogen) atoms. The Balaban J connectivity index is 1.78. The Labute approximate surface area is 134 Å². The van der Waals surface area contributed by atoms with Crippen molar-refractivity contribution in [3.05, 3.63) is 51.6 Å². The molecule has 2 aliphatic rings. The Morgan fingerprint density at radius 2 is 1.88 bits per heavy atom. The van der Waals surface area contributed by atoms with E-state index in [-0.39, 0.29) is 35.1 Å². The van der Waals surface area contributed by atoms with Crippen LogP contribution in [0.4, 0.5) is 5.69 Å². The molecule has 0 saturated heterocycles. The molecule has 0 saturated carbocycles. The minimum atomic E-state index is -0.518. The second-order valence-corrected chi connectivity index (χ2v) is 6.09. The molecule has 2 aromatic heterocycles. The number of hydrogen-bond acceptors (Lipinski definition) is 6. The number of nitrogens with zero attached hydrogens (tertiary/aromatic N) is 3. The van der Waals surface area contributed by atoms with Crippen molar-refractivity contribution in [2.75, 3.05) is 0 Å². The quantitative estimate of drug-likeness (QED) is 0.425. The van der Waals surface area contributed by atoms with E-state index in [0.29, 0.717) is 22.1 Å². The van der Waals surface area contributed by atoms with Gasteiger partial charge >= 0.3 is 0 Å². The van der Waals surface area contributed by atoms with Gasteiger partial charge in [0.1, 0.15) is 0 Å². The van der Waals surface area contributed by atoms with E-state index >= 15 is 0 Å². The molecular weight excluding hydrogens is 314 g/mol. The molecule has 2 atom stereocenters. The summed E-state index contributed by atoms with van der Waals surface area (Å²) < 4.78 is 6.39. The van der Waals surface area contributed by atoms with Gasteiger partial charge in [-0.05, 0) is 12.5 Å². The zero-order valence-corrected chi connectivity index (χ0v) is 12.2. The fourth-order valence-corrected chi connectivity index (χ4v) is 3.83. The number of rotatable bonds is 2. The average molecular weight is 325 g/mol. The lowest BCUT2D eigenvalue weighted by Gasteiger charge is -2.06. The molecule has 2 N–H and O–H groups in total. The molecule has 0 aliphatic heterocycles. The molecule has 1 aromatic carbocycles. The molecule has 0 spiro atoms. The van der Waals surface area contributed by atoms with Crippen molar-refractivity contribution in [1.29, 1.82) is 0 Å². The molecule has 2 heterocycles. The first-order valence-corrected chi connectivity index (χ1v) is 7.45. The van der Waals surface area contributed by atoms with E-state index in [4.69, 9.17) is 4.52 Å². The molecule has 8 heteroatoms. The van der Waals surface area contributed by atoms with Crippen molar-refractivity contribution in [3.8, 4) is 17.6 Å². The lowest BCUT2D eigenvalue weighted by molar-refractivity contribution is -0.384. The van der Waals surface area contributed by atoms with Gasteiger partial charge in [0, 0.05) is 35.1 Å². The van der Waals surface area contributed by atoms with Crippen LogP contribution in [0.15, 0.2) is 34.9 Å². The van der Waals surface area contributed by atoms with Crippen molar-refractivity contribution in [3.63, 3.8) is 0 Å². The molecule has 0 radical (unpaired) electrons. The summed E-state index contributed by atoms with van der Waals surface area (Å²) >= 11 is 0. The largest absolute Gasteiger partial charge is 0.494 e. The van der Waals surface area contributed by atoms with E-state index in [9.17, 15) is 20.3 Å². The van der Waals surface area contributed by atoms with Gasteiger partial charge in [-0.3, -0.25) is 10.1 Å². The Kier molecular flexibility index (Phi) is 2.29. The summed E-state index contributed by atoms with van der Waals surface area (Å²) in [4.78, 5) is 10.5. The van der Waals surface area contributed by atoms with E-state index < -0.39 is 4.92 Å². The number of hydrogen-bond donors (Lipinski definition) is 2. The summed E-state index contributed by atoms with van der Waals surface area (Å²) in [7, 11) is 0. The minimum absolute atomic E-state index is 0.0738. The van der Waals surface area contributed by atoms with Crippen LogP contribution in [0.3, 0.4) is 0 Å². The number of nitro benzene ring substituents is 1. The highest BCUT2D eigenvalue weighted by Gasteiger charge is 2.42. The fourth-order valence-electron chi connectivity index (χ4n) is 3.83. The Morgan fingerprint density at radius 1 is 1.21 bits per heavy atom. The molecule has 0 unspecified atom stereocenters. The molecular formula is C16H11N3O5. The minimum Gasteiger partial charge on any atom is -0.494 e. The first kappa shape index (κ1) is 13.2. The first-order valence-electron chi connectivity index (χ1n) is 7.45. The lowest BCUT2D eigenvalue weighted by atomic mass is 10.0. The number of benzene rings is 1. The van der Waals surface area contributed by atoms with Crippen LogP contribution >= 0.6 is 0 Å². The van der Waals surface area contributed by atoms with Gasteiger partial charge in [-0.15, -0.1) is 0 Å². The Morgan fingerprint density at radius 3 is 2.50 bits per heavy atom. The van der Waals surface area contributed by atoms with E-state index in [0.717, 1.165) is 6.42 Å². The van der Waals surface area contributed by atoms with Crippen LogP contribution in [-0.2, 0) is 0 Å². The molecule has 3 aromatic rings. The van der Waals surface area contributed by atoms with Gasteiger partial charge < -0.3 is 14.7 Å². The monoisotopic (exact) mass is 325 g/mol. The third-order valence-corrected chi connectivity index (χ3v) is 4.88. The van der Waals surface area contributed by atoms with Gasteiger partial charge in [0.15, 0.2) is 11.4 Å². The smallest absolute Gasteiger partial charge is 0.270 e. The summed E-state index contributed by atoms with van der Waals surface area (Å²) in [5.74, 6) is 0.0916. The number of non-ortho nitro benzene ring substituents is 1. The topological polar surface area (TPSA) is 115 Å². The second kappa shape index (κ2) is 4.16. The molecule has 0 fully saturated rings. The van der Waals surface area contributed by atoms with E-state index in [2.05, 4.69) is 5.16 Å². The van der Waals surface area contributed by atoms with Crippen LogP contribution in [0.1, 0.15) is 29.4 Å². The van der Waals surface area contributed by atoms with Gasteiger partial charge in [-0.25, -0.2) is 4.57 Å². The van der Waals surface area contributed by atoms with Crippen molar-refractivity contribution < 1.29 is 19.7 Å². The Bertz CT molecular complexity index is 1030. The SMILES string of the molecule is O=[N+]([O-])c1ccc2onc(-n3c(O)c4c(c3O)[C@H]3C=C[C@@H]4C3)c2c1. The number of fused-ring (bicyclic) bond motifs is 6. The molecule has 8 nitrogen and oxygen atoms in total. The molecule has 2 bridgehead atoms. The van der Waals surface area contributed by atoms with Gasteiger partial charge in [0.25, 0.3) is 5.69 Å². The predicted molar refractivity (Wildman–Crippen MR) is 82.6 cm³/mol. The fraction of sp³-hybridized carbons (Fsp3) is 0.188. The van der Waals surface area contributed by atoms with Crippen molar-refractivity contribution >= 4 is 16.7 Å². The maximum atomic E-state index is 11.0. The first-order chi connectivity index (χ1) is 11.6. The highest BCUT2D eigenvalue weighted by atomic mass is 16.6. The van der Waals surface area contributed by atoms with E-state index in [1.165, 1.54) is 22.8 Å². The number of aromatic hydroxyl groups is 2. The van der Waals surface area contributed by atoms with Gasteiger partial charge in [-0.2, -0.15) is 0 Å². The summed E-state index contributed by atoms with van der Waals surface area (Å²) in [5, 5.41) is 36.5. The number of allylic oxidation sites excluding steroid dienone is 2. The van der Waals surface area contributed by atoms with E-state index in [1.807, 2.05) is 12.2 Å². The number of nitro groups is 1. The van der Waals surface area contributed by atoms with Crippen molar-refractivity contribution in [2.24, 2.45) is 0 Å². The molecule has 2 aliphatic carbocycles. The predicted octanol–water partition coefficient (Wildman–Crippen LogP) is 3.08. The highest BCUT2D eigenvalue weighted by Crippen LogP contribution is 2.57. The van der Waals surface area contributed by atoms with Crippen LogP contribution in [-0.4, -0.2) is 24.9 Å². The zero-order chi connectivity index (χ0) is 16.6. The van der Waals surface area contributed by atoms with Gasteiger partial charge in [0.2, 0.25) is 11.8 Å². The third kappa shape index (κ3) is 1.45. The molecule has 0 amide bonds. The van der Waals surface area contributed by atoms with Crippen LogP contribution in [0.25, 0.3) is 16.8 Å². The maximum absolute atomic E-state index is 11.0. The van der Waals surface area contributed by atoms with Gasteiger partial charge in [0.05, 0.1) is 10.3 Å². The number of aromatic nitrogens is 2. The standard InChI is InChI=1S/C16H11N3O5/c20-15-12-7-1-2-8(5-7)13(12)16(21)18(15)14-10-6-9(19(22)23)3-4-11(10)24-17-14/h1-4,6-8,20-21H,5H2/t7-,8+. The van der Waals surface area contributed by atoms with Crippen molar-refractivity contribution in [1.82, 2.24) is 9.72 Å². The summed E-state index contributed by atoms with van der Waals surface area (Å²) in [6.45, 7) is 0. The van der Waals surface area contributed by atoms with Crippen LogP contribution in [0.2, 0.25) is 0 Å². The van der Waals surface area contributed by atoms with Crippen LogP contribution < -0.4 is 0 Å². The zero-order valence-electron chi connectivity index (χ0n) is 12.2. The molecule has 120 valence electrons. The third-order valence-electron chi connectivity index (χ3n) is 4.88. The summed E-state index contributed by atoms with van der Waals surface area (Å²) in [6, 6.07) is 4.08. The second-order valence-electron chi connectivity index (χ2n) is 6.09. The summed E-state index contributed by atoms with van der Waals surface area (Å²) in [5.41, 5.74) is 1.61. The normalized spacial score (nSPS) is 20.8. The average Bonchev–Trinajstić information content (AvgIpc) is 3.30. The molecule has 5 rings (SSSR count). The van der Waals surface area contributed by atoms with Crippen molar-refractivity contribution in [2.45, 2.75) is 18.3 Å².